The zero-order valence-corrected chi connectivity index (χ0v) is 10.3. The van der Waals surface area contributed by atoms with E-state index >= 15 is 0 Å². The number of carbonyl (C=O) groups is 2. The van der Waals surface area contributed by atoms with Gasteiger partial charge < -0.3 is 15.8 Å². The fraction of sp³-hybridized carbons (Fsp3) is 0.385. The Bertz CT molecular complexity index is 501. The largest absolute Gasteiger partial charge is 0.462 e. The Labute approximate surface area is 109 Å². The average Bonchev–Trinajstić information content (AvgIpc) is 3.16. The first-order valence-corrected chi connectivity index (χ1v) is 6.08. The van der Waals surface area contributed by atoms with Crippen LogP contribution in [0.3, 0.4) is 0 Å². The molecule has 5 nitrogen and oxygen atoms in total. The third-order valence-corrected chi connectivity index (χ3v) is 2.74. The molecule has 0 bridgehead atoms. The van der Waals surface area contributed by atoms with Crippen LogP contribution in [-0.4, -0.2) is 24.5 Å². The SMILES string of the molecule is Nc1cc(C(=O)OCCC(=O)NC2CC2)ccc1F. The summed E-state index contributed by atoms with van der Waals surface area (Å²) in [4.78, 5) is 22.9. The number of halogens is 1. The van der Waals surface area contributed by atoms with Crippen LogP contribution in [0.4, 0.5) is 10.1 Å². The summed E-state index contributed by atoms with van der Waals surface area (Å²) in [5.41, 5.74) is 5.41. The normalized spacial score (nSPS) is 13.9. The molecule has 0 saturated heterocycles. The summed E-state index contributed by atoms with van der Waals surface area (Å²) in [6.07, 6.45) is 2.15. The smallest absolute Gasteiger partial charge is 0.338 e. The molecule has 1 aliphatic carbocycles. The molecule has 0 aromatic heterocycles. The molecule has 1 amide bonds. The van der Waals surface area contributed by atoms with Crippen molar-refractivity contribution in [3.05, 3.63) is 29.6 Å². The quantitative estimate of drug-likeness (QED) is 0.620. The van der Waals surface area contributed by atoms with Gasteiger partial charge in [0.05, 0.1) is 17.7 Å². The van der Waals surface area contributed by atoms with E-state index in [1.165, 1.54) is 12.1 Å². The summed E-state index contributed by atoms with van der Waals surface area (Å²) < 4.78 is 17.8. The van der Waals surface area contributed by atoms with Crippen LogP contribution in [0.5, 0.6) is 0 Å². The van der Waals surface area contributed by atoms with Crippen LogP contribution >= 0.6 is 0 Å². The second-order valence-corrected chi connectivity index (χ2v) is 4.46. The Hall–Kier alpha value is -2.11. The topological polar surface area (TPSA) is 81.4 Å². The predicted octanol–water partition coefficient (Wildman–Crippen LogP) is 1.23. The molecule has 0 spiro atoms. The van der Waals surface area contributed by atoms with E-state index in [9.17, 15) is 14.0 Å². The van der Waals surface area contributed by atoms with Gasteiger partial charge in [-0.15, -0.1) is 0 Å². The zero-order valence-electron chi connectivity index (χ0n) is 10.3. The highest BCUT2D eigenvalue weighted by molar-refractivity contribution is 5.90. The van der Waals surface area contributed by atoms with E-state index in [0.717, 1.165) is 18.9 Å². The van der Waals surface area contributed by atoms with Crippen molar-refractivity contribution >= 4 is 17.6 Å². The van der Waals surface area contributed by atoms with Crippen molar-refractivity contribution in [2.75, 3.05) is 12.3 Å². The predicted molar refractivity (Wildman–Crippen MR) is 66.9 cm³/mol. The summed E-state index contributed by atoms with van der Waals surface area (Å²) in [6, 6.07) is 3.89. The van der Waals surface area contributed by atoms with E-state index in [4.69, 9.17) is 10.5 Å². The van der Waals surface area contributed by atoms with Crippen LogP contribution in [0.15, 0.2) is 18.2 Å². The lowest BCUT2D eigenvalue weighted by atomic mass is 10.2. The Morgan fingerprint density at radius 3 is 2.79 bits per heavy atom. The Morgan fingerprint density at radius 2 is 2.16 bits per heavy atom. The van der Waals surface area contributed by atoms with Gasteiger partial charge in [0.25, 0.3) is 0 Å². The number of hydrogen-bond acceptors (Lipinski definition) is 4. The van der Waals surface area contributed by atoms with Gasteiger partial charge in [0, 0.05) is 6.04 Å². The van der Waals surface area contributed by atoms with Crippen LogP contribution in [0, 0.1) is 5.82 Å². The highest BCUT2D eigenvalue weighted by atomic mass is 19.1. The highest BCUT2D eigenvalue weighted by Crippen LogP contribution is 2.18. The van der Waals surface area contributed by atoms with E-state index in [2.05, 4.69) is 5.32 Å². The van der Waals surface area contributed by atoms with Crippen molar-refractivity contribution in [1.29, 1.82) is 0 Å². The molecular formula is C13H15FN2O3. The molecule has 0 radical (unpaired) electrons. The Kier molecular flexibility index (Phi) is 3.99. The molecule has 0 aliphatic heterocycles. The van der Waals surface area contributed by atoms with Gasteiger partial charge in [-0.3, -0.25) is 4.79 Å². The second-order valence-electron chi connectivity index (χ2n) is 4.46. The maximum Gasteiger partial charge on any atom is 0.338 e. The number of carbonyl (C=O) groups excluding carboxylic acids is 2. The second kappa shape index (κ2) is 5.69. The lowest BCUT2D eigenvalue weighted by Gasteiger charge is -2.06. The fourth-order valence-corrected chi connectivity index (χ4v) is 1.52. The first-order chi connectivity index (χ1) is 9.06. The molecule has 0 unspecified atom stereocenters. The number of nitrogens with one attached hydrogen (secondary N) is 1. The van der Waals surface area contributed by atoms with E-state index in [-0.39, 0.29) is 30.2 Å². The van der Waals surface area contributed by atoms with Gasteiger partial charge in [0.15, 0.2) is 0 Å². The average molecular weight is 266 g/mol. The Balaban J connectivity index is 1.76. The summed E-state index contributed by atoms with van der Waals surface area (Å²) >= 11 is 0. The lowest BCUT2D eigenvalue weighted by molar-refractivity contribution is -0.121. The number of esters is 1. The van der Waals surface area contributed by atoms with Crippen LogP contribution in [-0.2, 0) is 9.53 Å². The molecule has 2 rings (SSSR count). The van der Waals surface area contributed by atoms with Crippen LogP contribution in [0.2, 0.25) is 0 Å². The van der Waals surface area contributed by atoms with Crippen molar-refractivity contribution in [2.45, 2.75) is 25.3 Å². The van der Waals surface area contributed by atoms with Crippen LogP contribution in [0.25, 0.3) is 0 Å². The third kappa shape index (κ3) is 3.94. The third-order valence-electron chi connectivity index (χ3n) is 2.74. The van der Waals surface area contributed by atoms with Gasteiger partial charge in [-0.2, -0.15) is 0 Å². The fourth-order valence-electron chi connectivity index (χ4n) is 1.52. The number of nitrogens with two attached hydrogens (primary N) is 1. The maximum absolute atomic E-state index is 12.9. The van der Waals surface area contributed by atoms with Crippen molar-refractivity contribution in [1.82, 2.24) is 5.32 Å². The van der Waals surface area contributed by atoms with Crippen molar-refractivity contribution < 1.29 is 18.7 Å². The first-order valence-electron chi connectivity index (χ1n) is 6.08. The summed E-state index contributed by atoms with van der Waals surface area (Å²) in [7, 11) is 0. The summed E-state index contributed by atoms with van der Waals surface area (Å²) in [6.45, 7) is -0.00529. The van der Waals surface area contributed by atoms with Crippen LogP contribution < -0.4 is 11.1 Å². The van der Waals surface area contributed by atoms with Crippen LogP contribution in [0.1, 0.15) is 29.6 Å². The van der Waals surface area contributed by atoms with Gasteiger partial charge in [-0.25, -0.2) is 9.18 Å². The van der Waals surface area contributed by atoms with E-state index in [0.29, 0.717) is 6.04 Å². The van der Waals surface area contributed by atoms with Crippen molar-refractivity contribution in [2.24, 2.45) is 0 Å². The van der Waals surface area contributed by atoms with Gasteiger partial charge >= 0.3 is 5.97 Å². The standard InChI is InChI=1S/C13H15FN2O3/c14-10-4-1-8(7-11(10)15)13(18)19-6-5-12(17)16-9-2-3-9/h1,4,7,9H,2-3,5-6,15H2,(H,16,17). The monoisotopic (exact) mass is 266 g/mol. The first kappa shape index (κ1) is 13.3. The number of anilines is 1. The molecule has 1 aromatic rings. The van der Waals surface area contributed by atoms with E-state index in [1.807, 2.05) is 0 Å². The minimum Gasteiger partial charge on any atom is -0.462 e. The molecule has 1 aromatic carbocycles. The molecule has 1 saturated carbocycles. The molecule has 19 heavy (non-hydrogen) atoms. The van der Waals surface area contributed by atoms with E-state index in [1.54, 1.807) is 0 Å². The van der Waals surface area contributed by atoms with Gasteiger partial charge in [0.1, 0.15) is 12.4 Å². The summed E-state index contributed by atoms with van der Waals surface area (Å²) in [5, 5.41) is 2.78. The molecule has 3 N–H and O–H groups in total. The summed E-state index contributed by atoms with van der Waals surface area (Å²) in [5.74, 6) is -1.33. The zero-order chi connectivity index (χ0) is 13.8. The molecule has 6 heteroatoms. The van der Waals surface area contributed by atoms with Crippen molar-refractivity contribution in [3.8, 4) is 0 Å². The minimum absolute atomic E-state index is 0.00529. The number of rotatable bonds is 5. The Morgan fingerprint density at radius 1 is 1.42 bits per heavy atom. The van der Waals surface area contributed by atoms with Gasteiger partial charge in [0.2, 0.25) is 5.91 Å². The molecule has 0 atom stereocenters. The highest BCUT2D eigenvalue weighted by Gasteiger charge is 2.23. The molecular weight excluding hydrogens is 251 g/mol. The number of amides is 1. The minimum atomic E-state index is -0.620. The maximum atomic E-state index is 12.9. The number of nitrogen functional groups attached to an aromatic ring is 1. The molecule has 0 heterocycles. The molecule has 102 valence electrons. The van der Waals surface area contributed by atoms with Crippen molar-refractivity contribution in [3.63, 3.8) is 0 Å². The van der Waals surface area contributed by atoms with Gasteiger partial charge in [-0.1, -0.05) is 0 Å². The lowest BCUT2D eigenvalue weighted by Crippen LogP contribution is -2.26. The number of ether oxygens (including phenoxy) is 1. The molecule has 1 aliphatic rings. The molecule has 1 fully saturated rings. The number of hydrogen-bond donors (Lipinski definition) is 2. The van der Waals surface area contributed by atoms with E-state index < -0.39 is 11.8 Å². The number of benzene rings is 1. The van der Waals surface area contributed by atoms with Gasteiger partial charge in [-0.05, 0) is 31.0 Å².